The van der Waals surface area contributed by atoms with Gasteiger partial charge in [0.1, 0.15) is 5.75 Å². The molecule has 3 aliphatic rings. The third kappa shape index (κ3) is 6.27. The van der Waals surface area contributed by atoms with Crippen LogP contribution in [-0.4, -0.2) is 78.1 Å². The van der Waals surface area contributed by atoms with Gasteiger partial charge in [-0.2, -0.15) is 0 Å². The Labute approximate surface area is 243 Å². The summed E-state index contributed by atoms with van der Waals surface area (Å²) in [5, 5.41) is 10.6. The van der Waals surface area contributed by atoms with Gasteiger partial charge < -0.3 is 19.6 Å². The Morgan fingerprint density at radius 2 is 1.80 bits per heavy atom. The minimum Gasteiger partial charge on any atom is -0.493 e. The zero-order chi connectivity index (χ0) is 28.9. The second-order valence-electron chi connectivity index (χ2n) is 11.7. The molecule has 8 nitrogen and oxygen atoms in total. The SMILES string of the molecule is CCCCN(CCCC)C(=O)CN1C[C@H](c2ccc3c(c2)CCO3)[C@@H](C(=O)O)[C@@H]1CCN1C(=O)Cc2ccccc21. The number of anilines is 1. The number of ether oxygens (including phenoxy) is 1. The third-order valence-electron chi connectivity index (χ3n) is 9.00. The van der Waals surface area contributed by atoms with Crippen LogP contribution < -0.4 is 9.64 Å². The Balaban J connectivity index is 1.41. The molecular weight excluding hydrogens is 518 g/mol. The van der Waals surface area contributed by atoms with Crippen molar-refractivity contribution in [3.8, 4) is 5.75 Å². The predicted octanol–water partition coefficient (Wildman–Crippen LogP) is 4.50. The van der Waals surface area contributed by atoms with Crippen molar-refractivity contribution in [1.29, 1.82) is 0 Å². The maximum Gasteiger partial charge on any atom is 0.308 e. The van der Waals surface area contributed by atoms with E-state index in [1.807, 2.05) is 41.3 Å². The highest BCUT2D eigenvalue weighted by Gasteiger charge is 2.47. The first-order valence-corrected chi connectivity index (χ1v) is 15.3. The molecule has 41 heavy (non-hydrogen) atoms. The molecule has 2 amide bonds. The molecule has 3 atom stereocenters. The Kier molecular flexibility index (Phi) is 9.28. The molecule has 1 N–H and O–H groups in total. The summed E-state index contributed by atoms with van der Waals surface area (Å²) in [4.78, 5) is 45.3. The van der Waals surface area contributed by atoms with Gasteiger partial charge in [0.25, 0.3) is 0 Å². The number of unbranched alkanes of at least 4 members (excludes halogenated alkanes) is 2. The van der Waals surface area contributed by atoms with E-state index < -0.39 is 11.9 Å². The number of carbonyl (C=O) groups is 3. The van der Waals surface area contributed by atoms with Crippen LogP contribution in [0.3, 0.4) is 0 Å². The standard InChI is InChI=1S/C33H43N3O5/c1-3-5-15-34(16-6-4-2)31(38)22-35-21-26(23-11-12-29-25(19-23)14-18-41-29)32(33(39)40)28(35)13-17-36-27-10-8-7-9-24(27)20-30(36)37/h7-12,19,26,28,32H,3-6,13-18,20-22H2,1-2H3,(H,39,40)/t26-,28+,32-/m1/s1. The number of hydrogen-bond acceptors (Lipinski definition) is 5. The zero-order valence-corrected chi connectivity index (χ0v) is 24.4. The van der Waals surface area contributed by atoms with Crippen LogP contribution in [0.15, 0.2) is 42.5 Å². The van der Waals surface area contributed by atoms with Crippen molar-refractivity contribution in [1.82, 2.24) is 9.80 Å². The summed E-state index contributed by atoms with van der Waals surface area (Å²) in [5.74, 6) is -0.816. The van der Waals surface area contributed by atoms with Gasteiger partial charge in [0.15, 0.2) is 0 Å². The smallest absolute Gasteiger partial charge is 0.308 e. The van der Waals surface area contributed by atoms with E-state index in [0.717, 1.165) is 73.3 Å². The molecule has 2 aromatic rings. The van der Waals surface area contributed by atoms with E-state index in [1.165, 1.54) is 0 Å². The van der Waals surface area contributed by atoms with Crippen molar-refractivity contribution in [2.75, 3.05) is 44.2 Å². The van der Waals surface area contributed by atoms with Gasteiger partial charge >= 0.3 is 5.97 Å². The van der Waals surface area contributed by atoms with Crippen molar-refractivity contribution in [2.24, 2.45) is 5.92 Å². The van der Waals surface area contributed by atoms with Crippen LogP contribution in [0.2, 0.25) is 0 Å². The van der Waals surface area contributed by atoms with Crippen LogP contribution in [-0.2, 0) is 27.2 Å². The fourth-order valence-corrected chi connectivity index (χ4v) is 6.78. The van der Waals surface area contributed by atoms with Gasteiger partial charge in [0, 0.05) is 50.2 Å². The number of amides is 2. The molecule has 3 heterocycles. The Morgan fingerprint density at radius 1 is 1.05 bits per heavy atom. The fraction of sp³-hybridized carbons (Fsp3) is 0.545. The van der Waals surface area contributed by atoms with Crippen molar-refractivity contribution in [3.05, 3.63) is 59.2 Å². The summed E-state index contributed by atoms with van der Waals surface area (Å²) in [6.45, 7) is 7.46. The summed E-state index contributed by atoms with van der Waals surface area (Å²) in [5.41, 5.74) is 4.01. The number of carbonyl (C=O) groups excluding carboxylic acids is 2. The van der Waals surface area contributed by atoms with Crippen LogP contribution >= 0.6 is 0 Å². The quantitative estimate of drug-likeness (QED) is 0.387. The molecular formula is C33H43N3O5. The maximum absolute atomic E-state index is 13.7. The highest BCUT2D eigenvalue weighted by molar-refractivity contribution is 6.01. The van der Waals surface area contributed by atoms with Gasteiger partial charge in [0.05, 0.1) is 25.5 Å². The second kappa shape index (κ2) is 13.1. The summed E-state index contributed by atoms with van der Waals surface area (Å²) < 4.78 is 5.70. The lowest BCUT2D eigenvalue weighted by molar-refractivity contribution is -0.143. The molecule has 0 aliphatic carbocycles. The van der Waals surface area contributed by atoms with E-state index in [4.69, 9.17) is 4.74 Å². The average Bonchev–Trinajstić information content (AvgIpc) is 3.66. The van der Waals surface area contributed by atoms with Gasteiger partial charge in [0.2, 0.25) is 11.8 Å². The fourth-order valence-electron chi connectivity index (χ4n) is 6.78. The maximum atomic E-state index is 13.7. The molecule has 0 unspecified atom stereocenters. The van der Waals surface area contributed by atoms with E-state index in [2.05, 4.69) is 24.8 Å². The van der Waals surface area contributed by atoms with Crippen molar-refractivity contribution in [2.45, 2.75) is 70.8 Å². The number of benzene rings is 2. The van der Waals surface area contributed by atoms with Gasteiger partial charge in [-0.05, 0) is 48.1 Å². The lowest BCUT2D eigenvalue weighted by Gasteiger charge is -2.31. The topological polar surface area (TPSA) is 90.4 Å². The number of hydrogen-bond donors (Lipinski definition) is 1. The summed E-state index contributed by atoms with van der Waals surface area (Å²) in [6, 6.07) is 13.5. The second-order valence-corrected chi connectivity index (χ2v) is 11.7. The normalized spacial score (nSPS) is 21.6. The number of rotatable bonds is 13. The van der Waals surface area contributed by atoms with Crippen molar-refractivity contribution < 1.29 is 24.2 Å². The van der Waals surface area contributed by atoms with E-state index in [-0.39, 0.29) is 30.3 Å². The molecule has 2 aromatic carbocycles. The molecule has 1 fully saturated rings. The summed E-state index contributed by atoms with van der Waals surface area (Å²) in [6.07, 6.45) is 5.60. The van der Waals surface area contributed by atoms with Crippen LogP contribution in [0, 0.1) is 5.92 Å². The molecule has 3 aliphatic heterocycles. The molecule has 0 bridgehead atoms. The predicted molar refractivity (Wildman–Crippen MR) is 158 cm³/mol. The van der Waals surface area contributed by atoms with Crippen molar-refractivity contribution in [3.63, 3.8) is 0 Å². The monoisotopic (exact) mass is 561 g/mol. The number of nitrogens with zero attached hydrogens (tertiary/aromatic N) is 3. The molecule has 0 aromatic heterocycles. The summed E-state index contributed by atoms with van der Waals surface area (Å²) in [7, 11) is 0. The molecule has 0 radical (unpaired) electrons. The molecule has 220 valence electrons. The van der Waals surface area contributed by atoms with Gasteiger partial charge in [-0.25, -0.2) is 0 Å². The number of para-hydroxylation sites is 1. The highest BCUT2D eigenvalue weighted by atomic mass is 16.5. The van der Waals surface area contributed by atoms with Crippen LogP contribution in [0.1, 0.15) is 68.6 Å². The Morgan fingerprint density at radius 3 is 2.54 bits per heavy atom. The van der Waals surface area contributed by atoms with Crippen LogP contribution in [0.25, 0.3) is 0 Å². The first-order valence-electron chi connectivity index (χ1n) is 15.3. The van der Waals surface area contributed by atoms with Gasteiger partial charge in [-0.3, -0.25) is 19.3 Å². The van der Waals surface area contributed by atoms with Gasteiger partial charge in [-0.15, -0.1) is 0 Å². The molecule has 0 spiro atoms. The highest BCUT2D eigenvalue weighted by Crippen LogP contribution is 2.41. The number of aliphatic carboxylic acids is 1. The van der Waals surface area contributed by atoms with E-state index >= 15 is 0 Å². The first kappa shape index (κ1) is 29.1. The van der Waals surface area contributed by atoms with E-state index in [1.54, 1.807) is 4.90 Å². The lowest BCUT2D eigenvalue weighted by atomic mass is 9.83. The zero-order valence-electron chi connectivity index (χ0n) is 24.4. The number of fused-ring (bicyclic) bond motifs is 2. The first-order chi connectivity index (χ1) is 19.9. The number of carboxylic acid groups (broad SMARTS) is 1. The molecule has 0 saturated carbocycles. The summed E-state index contributed by atoms with van der Waals surface area (Å²) >= 11 is 0. The minimum atomic E-state index is -0.853. The Hall–Kier alpha value is -3.39. The third-order valence-corrected chi connectivity index (χ3v) is 9.00. The lowest BCUT2D eigenvalue weighted by Crippen LogP contribution is -2.46. The molecule has 5 rings (SSSR count). The largest absolute Gasteiger partial charge is 0.493 e. The van der Waals surface area contributed by atoms with E-state index in [9.17, 15) is 19.5 Å². The minimum absolute atomic E-state index is 0.0409. The number of carboxylic acids is 1. The molecule has 8 heteroatoms. The molecule has 1 saturated heterocycles. The van der Waals surface area contributed by atoms with Crippen LogP contribution in [0.5, 0.6) is 5.75 Å². The van der Waals surface area contributed by atoms with Crippen molar-refractivity contribution >= 4 is 23.5 Å². The van der Waals surface area contributed by atoms with E-state index in [0.29, 0.717) is 32.5 Å². The average molecular weight is 562 g/mol. The van der Waals surface area contributed by atoms with Crippen LogP contribution in [0.4, 0.5) is 5.69 Å². The number of likely N-dealkylation sites (tertiary alicyclic amines) is 1. The van der Waals surface area contributed by atoms with Gasteiger partial charge in [-0.1, -0.05) is 57.0 Å². The Bertz CT molecular complexity index is 1260.